The normalized spacial score (nSPS) is 26.8. The first kappa shape index (κ1) is 13.4. The van der Waals surface area contributed by atoms with Crippen molar-refractivity contribution in [2.75, 3.05) is 19.6 Å². The Balaban J connectivity index is 1.54. The highest BCUT2D eigenvalue weighted by Crippen LogP contribution is 2.27. The van der Waals surface area contributed by atoms with Gasteiger partial charge in [0.2, 0.25) is 0 Å². The van der Waals surface area contributed by atoms with Crippen LogP contribution in [-0.2, 0) is 0 Å². The molecule has 3 heterocycles. The second-order valence-corrected chi connectivity index (χ2v) is 6.33. The summed E-state index contributed by atoms with van der Waals surface area (Å²) in [6, 6.07) is 5.67. The maximum Gasteiger partial charge on any atom is 0.251 e. The van der Waals surface area contributed by atoms with Gasteiger partial charge in [0.1, 0.15) is 11.8 Å². The minimum absolute atomic E-state index is 0.0291. The first-order valence-corrected chi connectivity index (χ1v) is 7.74. The molecule has 2 bridgehead atoms. The van der Waals surface area contributed by atoms with Crippen LogP contribution in [0.5, 0.6) is 0 Å². The van der Waals surface area contributed by atoms with Crippen LogP contribution in [0.3, 0.4) is 0 Å². The number of benzene rings is 1. The quantitative estimate of drug-likeness (QED) is 0.864. The van der Waals surface area contributed by atoms with Gasteiger partial charge in [-0.3, -0.25) is 4.79 Å². The van der Waals surface area contributed by atoms with E-state index in [0.29, 0.717) is 16.7 Å². The van der Waals surface area contributed by atoms with Gasteiger partial charge in [0.25, 0.3) is 5.91 Å². The molecule has 112 valence electrons. The van der Waals surface area contributed by atoms with E-state index in [1.54, 1.807) is 18.4 Å². The van der Waals surface area contributed by atoms with E-state index in [9.17, 15) is 4.79 Å². The van der Waals surface area contributed by atoms with E-state index >= 15 is 0 Å². The summed E-state index contributed by atoms with van der Waals surface area (Å²) in [6.45, 7) is 3.33. The molecule has 4 nitrogen and oxygen atoms in total. The molecule has 4 rings (SSSR count). The molecule has 1 aromatic heterocycles. The van der Waals surface area contributed by atoms with Gasteiger partial charge < -0.3 is 14.6 Å². The standard InChI is InChI=1S/C18H18N2O2/c1-2-13-11-22-17-4-3-14(8-16(13)17)18(21)19-15-7-12-5-6-20(9-12)10-15/h1,3-4,8,11-12,15H,5-7,9-10H2,(H,19,21). The van der Waals surface area contributed by atoms with Crippen LogP contribution < -0.4 is 5.32 Å². The monoisotopic (exact) mass is 294 g/mol. The molecule has 2 fully saturated rings. The average Bonchev–Trinajstić information content (AvgIpc) is 3.09. The summed E-state index contributed by atoms with van der Waals surface area (Å²) in [5, 5.41) is 3.99. The van der Waals surface area contributed by atoms with Crippen molar-refractivity contribution in [2.24, 2.45) is 5.92 Å². The van der Waals surface area contributed by atoms with E-state index in [2.05, 4.69) is 16.1 Å². The van der Waals surface area contributed by atoms with Crippen molar-refractivity contribution in [2.45, 2.75) is 18.9 Å². The summed E-state index contributed by atoms with van der Waals surface area (Å²) in [6.07, 6.45) is 9.36. The van der Waals surface area contributed by atoms with Crippen LogP contribution in [0, 0.1) is 18.3 Å². The van der Waals surface area contributed by atoms with Crippen molar-refractivity contribution < 1.29 is 9.21 Å². The van der Waals surface area contributed by atoms with E-state index in [4.69, 9.17) is 10.8 Å². The van der Waals surface area contributed by atoms with Crippen LogP contribution in [0.2, 0.25) is 0 Å². The molecule has 2 aromatic rings. The highest BCUT2D eigenvalue weighted by atomic mass is 16.3. The second kappa shape index (κ2) is 5.19. The topological polar surface area (TPSA) is 45.5 Å². The number of hydrogen-bond donors (Lipinski definition) is 1. The molecule has 0 spiro atoms. The predicted octanol–water partition coefficient (Wildman–Crippen LogP) is 2.24. The molecule has 4 heteroatoms. The number of carbonyl (C=O) groups excluding carboxylic acids is 1. The number of nitrogens with one attached hydrogen (secondary N) is 1. The third-order valence-corrected chi connectivity index (χ3v) is 4.79. The van der Waals surface area contributed by atoms with Gasteiger partial charge in [0.05, 0.1) is 5.56 Å². The van der Waals surface area contributed by atoms with Gasteiger partial charge in [-0.1, -0.05) is 5.92 Å². The molecule has 0 radical (unpaired) electrons. The molecule has 1 aromatic carbocycles. The highest BCUT2D eigenvalue weighted by Gasteiger charge is 2.32. The van der Waals surface area contributed by atoms with Gasteiger partial charge in [0, 0.05) is 30.1 Å². The average molecular weight is 294 g/mol. The summed E-state index contributed by atoms with van der Waals surface area (Å²) in [4.78, 5) is 14.9. The third kappa shape index (κ3) is 2.28. The fraction of sp³-hybridized carbons (Fsp3) is 0.389. The Morgan fingerprint density at radius 3 is 3.14 bits per heavy atom. The molecule has 2 saturated heterocycles. The van der Waals surface area contributed by atoms with Gasteiger partial charge in [-0.05, 0) is 43.5 Å². The van der Waals surface area contributed by atoms with Gasteiger partial charge in [-0.2, -0.15) is 0 Å². The lowest BCUT2D eigenvalue weighted by atomic mass is 9.96. The summed E-state index contributed by atoms with van der Waals surface area (Å²) in [5.74, 6) is 3.30. The lowest BCUT2D eigenvalue weighted by molar-refractivity contribution is 0.0909. The SMILES string of the molecule is C#Cc1coc2ccc(C(=O)NC3CC4CCN(C4)C3)cc12. The maximum atomic E-state index is 12.5. The van der Waals surface area contributed by atoms with Crippen LogP contribution in [0.25, 0.3) is 11.0 Å². The fourth-order valence-corrected chi connectivity index (χ4v) is 3.72. The van der Waals surface area contributed by atoms with E-state index in [-0.39, 0.29) is 11.9 Å². The van der Waals surface area contributed by atoms with E-state index in [1.807, 2.05) is 6.07 Å². The Hall–Kier alpha value is -2.25. The number of piperidine rings is 1. The fourth-order valence-electron chi connectivity index (χ4n) is 3.72. The number of nitrogens with zero attached hydrogens (tertiary/aromatic N) is 1. The largest absolute Gasteiger partial charge is 0.463 e. The van der Waals surface area contributed by atoms with Crippen molar-refractivity contribution in [3.8, 4) is 12.3 Å². The van der Waals surface area contributed by atoms with Gasteiger partial charge >= 0.3 is 0 Å². The molecule has 2 aliphatic rings. The Morgan fingerprint density at radius 1 is 1.41 bits per heavy atom. The molecule has 1 N–H and O–H groups in total. The smallest absolute Gasteiger partial charge is 0.251 e. The van der Waals surface area contributed by atoms with Gasteiger partial charge in [-0.15, -0.1) is 6.42 Å². The minimum Gasteiger partial charge on any atom is -0.463 e. The highest BCUT2D eigenvalue weighted by molar-refractivity contribution is 5.99. The summed E-state index contributed by atoms with van der Waals surface area (Å²) >= 11 is 0. The Morgan fingerprint density at radius 2 is 2.32 bits per heavy atom. The Bertz CT molecular complexity index is 759. The minimum atomic E-state index is -0.0291. The molecule has 3 unspecified atom stereocenters. The zero-order valence-corrected chi connectivity index (χ0v) is 12.3. The number of terminal acetylenes is 1. The molecular weight excluding hydrogens is 276 g/mol. The number of carbonyl (C=O) groups is 1. The summed E-state index contributed by atoms with van der Waals surface area (Å²) < 4.78 is 5.38. The molecule has 1 amide bonds. The second-order valence-electron chi connectivity index (χ2n) is 6.33. The third-order valence-electron chi connectivity index (χ3n) is 4.79. The van der Waals surface area contributed by atoms with Gasteiger partial charge in [0.15, 0.2) is 0 Å². The van der Waals surface area contributed by atoms with Crippen LogP contribution in [0.15, 0.2) is 28.9 Å². The van der Waals surface area contributed by atoms with Crippen molar-refractivity contribution in [3.63, 3.8) is 0 Å². The number of amides is 1. The van der Waals surface area contributed by atoms with Crippen molar-refractivity contribution in [1.29, 1.82) is 0 Å². The summed E-state index contributed by atoms with van der Waals surface area (Å²) in [5.41, 5.74) is 2.04. The predicted molar refractivity (Wildman–Crippen MR) is 84.6 cm³/mol. The molecule has 3 atom stereocenters. The van der Waals surface area contributed by atoms with Crippen molar-refractivity contribution in [1.82, 2.24) is 10.2 Å². The lowest BCUT2D eigenvalue weighted by Gasteiger charge is -2.30. The maximum absolute atomic E-state index is 12.5. The number of hydrogen-bond acceptors (Lipinski definition) is 3. The van der Waals surface area contributed by atoms with E-state index in [1.165, 1.54) is 19.5 Å². The Kier molecular flexibility index (Phi) is 3.16. The van der Waals surface area contributed by atoms with Crippen LogP contribution in [0.1, 0.15) is 28.8 Å². The molecular formula is C18H18N2O2. The van der Waals surface area contributed by atoms with Crippen LogP contribution in [-0.4, -0.2) is 36.5 Å². The van der Waals surface area contributed by atoms with Crippen LogP contribution >= 0.6 is 0 Å². The zero-order valence-electron chi connectivity index (χ0n) is 12.3. The number of rotatable bonds is 2. The molecule has 0 aliphatic carbocycles. The van der Waals surface area contributed by atoms with E-state index in [0.717, 1.165) is 24.3 Å². The molecule has 2 aliphatic heterocycles. The number of furan rings is 1. The number of fused-ring (bicyclic) bond motifs is 3. The molecule has 22 heavy (non-hydrogen) atoms. The van der Waals surface area contributed by atoms with Crippen LogP contribution in [0.4, 0.5) is 0 Å². The van der Waals surface area contributed by atoms with Crippen molar-refractivity contribution in [3.05, 3.63) is 35.6 Å². The molecule has 0 saturated carbocycles. The lowest BCUT2D eigenvalue weighted by Crippen LogP contribution is -2.47. The first-order chi connectivity index (χ1) is 10.7. The summed E-state index contributed by atoms with van der Waals surface area (Å²) in [7, 11) is 0. The van der Waals surface area contributed by atoms with E-state index < -0.39 is 0 Å². The van der Waals surface area contributed by atoms with Gasteiger partial charge in [-0.25, -0.2) is 0 Å². The first-order valence-electron chi connectivity index (χ1n) is 7.74. The zero-order chi connectivity index (χ0) is 15.1. The Labute approximate surface area is 129 Å². The van der Waals surface area contributed by atoms with Crippen molar-refractivity contribution >= 4 is 16.9 Å².